The van der Waals surface area contributed by atoms with Crippen molar-refractivity contribution in [3.63, 3.8) is 0 Å². The molecule has 0 fully saturated rings. The molecule has 0 amide bonds. The van der Waals surface area contributed by atoms with Crippen LogP contribution in [0.15, 0.2) is 22.7 Å². The zero-order chi connectivity index (χ0) is 11.4. The molecule has 0 aliphatic heterocycles. The SMILES string of the molecule is CCC(C)CC(=O)c1ccc(N)cc1Br. The van der Waals surface area contributed by atoms with Crippen molar-refractivity contribution in [3.8, 4) is 0 Å². The first-order valence-electron chi connectivity index (χ1n) is 5.12. The summed E-state index contributed by atoms with van der Waals surface area (Å²) in [5.74, 6) is 0.609. The molecule has 1 aromatic rings. The summed E-state index contributed by atoms with van der Waals surface area (Å²) in [4.78, 5) is 11.9. The standard InChI is InChI=1S/C12H16BrNO/c1-3-8(2)6-12(15)10-5-4-9(14)7-11(10)13/h4-5,7-8H,3,6,14H2,1-2H3. The van der Waals surface area contributed by atoms with E-state index in [1.54, 1.807) is 18.2 Å². The Labute approximate surface area is 99.0 Å². The molecule has 0 bridgehead atoms. The predicted molar refractivity (Wildman–Crippen MR) is 67.0 cm³/mol. The molecule has 0 saturated heterocycles. The molecule has 1 atom stereocenters. The number of carbonyl (C=O) groups is 1. The fourth-order valence-electron chi connectivity index (χ4n) is 1.33. The first kappa shape index (κ1) is 12.2. The van der Waals surface area contributed by atoms with Crippen molar-refractivity contribution in [2.24, 2.45) is 5.92 Å². The summed E-state index contributed by atoms with van der Waals surface area (Å²) >= 11 is 3.36. The third-order valence-electron chi connectivity index (χ3n) is 2.52. The Balaban J connectivity index is 2.82. The Morgan fingerprint density at radius 3 is 2.73 bits per heavy atom. The van der Waals surface area contributed by atoms with E-state index in [9.17, 15) is 4.79 Å². The minimum atomic E-state index is 0.177. The second-order valence-corrected chi connectivity index (χ2v) is 4.73. The Kier molecular flexibility index (Phi) is 4.33. The number of rotatable bonds is 4. The van der Waals surface area contributed by atoms with Gasteiger partial charge in [0.1, 0.15) is 0 Å². The molecule has 0 aromatic heterocycles. The van der Waals surface area contributed by atoms with Gasteiger partial charge in [-0.05, 0) is 40.0 Å². The van der Waals surface area contributed by atoms with Gasteiger partial charge in [0.25, 0.3) is 0 Å². The lowest BCUT2D eigenvalue weighted by molar-refractivity contribution is 0.0963. The summed E-state index contributed by atoms with van der Waals surface area (Å²) < 4.78 is 0.788. The molecule has 1 unspecified atom stereocenters. The second kappa shape index (κ2) is 5.31. The minimum Gasteiger partial charge on any atom is -0.399 e. The number of nitrogens with two attached hydrogens (primary N) is 1. The molecule has 0 radical (unpaired) electrons. The van der Waals surface area contributed by atoms with Crippen LogP contribution in [0.4, 0.5) is 5.69 Å². The molecule has 3 heteroatoms. The van der Waals surface area contributed by atoms with Crippen molar-refractivity contribution in [2.45, 2.75) is 26.7 Å². The number of Topliss-reactive ketones (excluding diaryl/α,β-unsaturated/α-hetero) is 1. The van der Waals surface area contributed by atoms with Crippen LogP contribution in [-0.4, -0.2) is 5.78 Å². The third-order valence-corrected chi connectivity index (χ3v) is 3.18. The number of hydrogen-bond acceptors (Lipinski definition) is 2. The minimum absolute atomic E-state index is 0.177. The Hall–Kier alpha value is -0.830. The topological polar surface area (TPSA) is 43.1 Å². The third kappa shape index (κ3) is 3.34. The van der Waals surface area contributed by atoms with E-state index < -0.39 is 0 Å². The first-order chi connectivity index (χ1) is 7.04. The molecule has 0 aliphatic carbocycles. The second-order valence-electron chi connectivity index (χ2n) is 3.88. The number of benzene rings is 1. The molecule has 0 heterocycles. The Bertz CT molecular complexity index is 363. The normalized spacial score (nSPS) is 12.5. The van der Waals surface area contributed by atoms with Crippen molar-refractivity contribution < 1.29 is 4.79 Å². The van der Waals surface area contributed by atoms with Crippen LogP contribution in [0.2, 0.25) is 0 Å². The van der Waals surface area contributed by atoms with Crippen LogP contribution in [0.1, 0.15) is 37.0 Å². The maximum atomic E-state index is 11.9. The zero-order valence-electron chi connectivity index (χ0n) is 9.09. The van der Waals surface area contributed by atoms with E-state index in [2.05, 4.69) is 29.8 Å². The molecular weight excluding hydrogens is 254 g/mol. The van der Waals surface area contributed by atoms with Crippen molar-refractivity contribution in [1.29, 1.82) is 0 Å². The van der Waals surface area contributed by atoms with Crippen molar-refractivity contribution >= 4 is 27.4 Å². The summed E-state index contributed by atoms with van der Waals surface area (Å²) in [5, 5.41) is 0. The average Bonchev–Trinajstić information content (AvgIpc) is 2.17. The maximum absolute atomic E-state index is 11.9. The molecule has 0 saturated carbocycles. The van der Waals surface area contributed by atoms with Crippen LogP contribution in [0.3, 0.4) is 0 Å². The summed E-state index contributed by atoms with van der Waals surface area (Å²) in [7, 11) is 0. The highest BCUT2D eigenvalue weighted by atomic mass is 79.9. The van der Waals surface area contributed by atoms with Gasteiger partial charge in [-0.1, -0.05) is 20.3 Å². The molecule has 2 N–H and O–H groups in total. The van der Waals surface area contributed by atoms with Gasteiger partial charge in [-0.3, -0.25) is 4.79 Å². The Morgan fingerprint density at radius 1 is 1.53 bits per heavy atom. The van der Waals surface area contributed by atoms with E-state index in [4.69, 9.17) is 5.73 Å². The molecule has 82 valence electrons. The lowest BCUT2D eigenvalue weighted by Gasteiger charge is -2.08. The van der Waals surface area contributed by atoms with Crippen molar-refractivity contribution in [2.75, 3.05) is 5.73 Å². The largest absolute Gasteiger partial charge is 0.399 e. The molecule has 2 nitrogen and oxygen atoms in total. The quantitative estimate of drug-likeness (QED) is 0.670. The molecule has 0 spiro atoms. The van der Waals surface area contributed by atoms with E-state index in [0.717, 1.165) is 16.5 Å². The zero-order valence-corrected chi connectivity index (χ0v) is 10.7. The number of anilines is 1. The molecule has 1 aromatic carbocycles. The van der Waals surface area contributed by atoms with Crippen molar-refractivity contribution in [3.05, 3.63) is 28.2 Å². The highest BCUT2D eigenvalue weighted by Gasteiger charge is 2.12. The van der Waals surface area contributed by atoms with Crippen LogP contribution in [-0.2, 0) is 0 Å². The lowest BCUT2D eigenvalue weighted by Crippen LogP contribution is -2.06. The summed E-state index contributed by atoms with van der Waals surface area (Å²) in [5.41, 5.74) is 7.01. The van der Waals surface area contributed by atoms with E-state index in [-0.39, 0.29) is 5.78 Å². The van der Waals surface area contributed by atoms with Crippen LogP contribution in [0, 0.1) is 5.92 Å². The highest BCUT2D eigenvalue weighted by molar-refractivity contribution is 9.10. The fourth-order valence-corrected chi connectivity index (χ4v) is 1.95. The van der Waals surface area contributed by atoms with E-state index in [1.807, 2.05) is 0 Å². The van der Waals surface area contributed by atoms with Crippen LogP contribution in [0.25, 0.3) is 0 Å². The van der Waals surface area contributed by atoms with Gasteiger partial charge in [-0.25, -0.2) is 0 Å². The van der Waals surface area contributed by atoms with Gasteiger partial charge in [0, 0.05) is 22.1 Å². The number of halogens is 1. The summed E-state index contributed by atoms with van der Waals surface area (Å²) in [6, 6.07) is 5.31. The molecule has 0 aliphatic rings. The lowest BCUT2D eigenvalue weighted by atomic mass is 9.98. The molecular formula is C12H16BrNO. The summed E-state index contributed by atoms with van der Waals surface area (Å²) in [6.07, 6.45) is 1.62. The molecule has 15 heavy (non-hydrogen) atoms. The van der Waals surface area contributed by atoms with E-state index in [1.165, 1.54) is 0 Å². The van der Waals surface area contributed by atoms with Gasteiger partial charge in [-0.15, -0.1) is 0 Å². The predicted octanol–water partition coefficient (Wildman–Crippen LogP) is 3.65. The number of hydrogen-bond donors (Lipinski definition) is 1. The number of carbonyl (C=O) groups excluding carboxylic acids is 1. The van der Waals surface area contributed by atoms with Crippen LogP contribution >= 0.6 is 15.9 Å². The van der Waals surface area contributed by atoms with Crippen LogP contribution < -0.4 is 5.73 Å². The van der Waals surface area contributed by atoms with Crippen LogP contribution in [0.5, 0.6) is 0 Å². The fraction of sp³-hybridized carbons (Fsp3) is 0.417. The Morgan fingerprint density at radius 2 is 2.20 bits per heavy atom. The van der Waals surface area contributed by atoms with Gasteiger partial charge >= 0.3 is 0 Å². The van der Waals surface area contributed by atoms with Gasteiger partial charge < -0.3 is 5.73 Å². The van der Waals surface area contributed by atoms with Gasteiger partial charge in [0.2, 0.25) is 0 Å². The molecule has 1 rings (SSSR count). The van der Waals surface area contributed by atoms with Gasteiger partial charge in [-0.2, -0.15) is 0 Å². The van der Waals surface area contributed by atoms with Gasteiger partial charge in [0.15, 0.2) is 5.78 Å². The van der Waals surface area contributed by atoms with Gasteiger partial charge in [0.05, 0.1) is 0 Å². The smallest absolute Gasteiger partial charge is 0.164 e. The van der Waals surface area contributed by atoms with E-state index >= 15 is 0 Å². The monoisotopic (exact) mass is 269 g/mol. The van der Waals surface area contributed by atoms with Crippen molar-refractivity contribution in [1.82, 2.24) is 0 Å². The first-order valence-corrected chi connectivity index (χ1v) is 5.92. The average molecular weight is 270 g/mol. The summed E-state index contributed by atoms with van der Waals surface area (Å²) in [6.45, 7) is 4.18. The maximum Gasteiger partial charge on any atom is 0.164 e. The van der Waals surface area contributed by atoms with E-state index in [0.29, 0.717) is 18.0 Å². The highest BCUT2D eigenvalue weighted by Crippen LogP contribution is 2.23. The number of ketones is 1. The number of nitrogen functional groups attached to an aromatic ring is 1.